The first kappa shape index (κ1) is 21.2. The molecule has 0 saturated carbocycles. The van der Waals surface area contributed by atoms with Crippen molar-refractivity contribution >= 4 is 28.4 Å². The Hall–Kier alpha value is -3.66. The van der Waals surface area contributed by atoms with Crippen LogP contribution in [0.2, 0.25) is 0 Å². The van der Waals surface area contributed by atoms with E-state index in [-0.39, 0.29) is 5.56 Å². The first-order valence-corrected chi connectivity index (χ1v) is 11.7. The third kappa shape index (κ3) is 3.86. The fourth-order valence-electron chi connectivity index (χ4n) is 3.73. The SMILES string of the molecule is CCCn1c(=O)c2ccccc2n2c(SCc3nc(-c4ccccc4OCC)no3)nnc12. The lowest BCUT2D eigenvalue weighted by molar-refractivity contribution is 0.341. The van der Waals surface area contributed by atoms with Crippen molar-refractivity contribution in [2.45, 2.75) is 37.7 Å². The molecule has 0 amide bonds. The second-order valence-electron chi connectivity index (χ2n) is 7.32. The second-order valence-corrected chi connectivity index (χ2v) is 8.26. The number of para-hydroxylation sites is 2. The molecule has 9 nitrogen and oxygen atoms in total. The van der Waals surface area contributed by atoms with Gasteiger partial charge < -0.3 is 9.26 Å². The molecule has 3 aromatic heterocycles. The average Bonchev–Trinajstić information content (AvgIpc) is 3.48. The van der Waals surface area contributed by atoms with E-state index < -0.39 is 0 Å². The number of nitrogens with zero attached hydrogens (tertiary/aromatic N) is 6. The van der Waals surface area contributed by atoms with E-state index in [0.717, 1.165) is 17.5 Å². The highest BCUT2D eigenvalue weighted by atomic mass is 32.2. The van der Waals surface area contributed by atoms with Crippen LogP contribution in [0.4, 0.5) is 0 Å². The summed E-state index contributed by atoms with van der Waals surface area (Å²) in [4.78, 5) is 17.5. The quantitative estimate of drug-likeness (QED) is 0.316. The Kier molecular flexibility index (Phi) is 5.82. The highest BCUT2D eigenvalue weighted by molar-refractivity contribution is 7.98. The molecule has 0 saturated heterocycles. The highest BCUT2D eigenvalue weighted by Gasteiger charge is 2.18. The number of hydrogen-bond donors (Lipinski definition) is 0. The molecule has 0 N–H and O–H groups in total. The largest absolute Gasteiger partial charge is 0.493 e. The van der Waals surface area contributed by atoms with Crippen LogP contribution in [-0.2, 0) is 12.3 Å². The molecular weight excluding hydrogens is 440 g/mol. The summed E-state index contributed by atoms with van der Waals surface area (Å²) < 4.78 is 14.7. The lowest BCUT2D eigenvalue weighted by atomic mass is 10.2. The van der Waals surface area contributed by atoms with Crippen LogP contribution in [-0.4, -0.2) is 35.9 Å². The van der Waals surface area contributed by atoms with Crippen LogP contribution in [0.3, 0.4) is 0 Å². The summed E-state index contributed by atoms with van der Waals surface area (Å²) in [7, 11) is 0. The van der Waals surface area contributed by atoms with Gasteiger partial charge in [-0.3, -0.25) is 13.8 Å². The molecule has 0 unspecified atom stereocenters. The number of hydrogen-bond acceptors (Lipinski definition) is 8. The van der Waals surface area contributed by atoms with E-state index in [1.807, 2.05) is 66.8 Å². The fourth-order valence-corrected chi connectivity index (χ4v) is 4.51. The van der Waals surface area contributed by atoms with Gasteiger partial charge in [-0.25, -0.2) is 0 Å². The van der Waals surface area contributed by atoms with Gasteiger partial charge in [0.25, 0.3) is 5.56 Å². The minimum absolute atomic E-state index is 0.0570. The maximum Gasteiger partial charge on any atom is 0.262 e. The Balaban J connectivity index is 1.48. The molecule has 0 aliphatic heterocycles. The van der Waals surface area contributed by atoms with E-state index in [0.29, 0.717) is 52.7 Å². The van der Waals surface area contributed by atoms with E-state index >= 15 is 0 Å². The zero-order chi connectivity index (χ0) is 22.8. The number of thioether (sulfide) groups is 1. The fraction of sp³-hybridized carbons (Fsp3) is 0.261. The molecular formula is C23H22N6O3S. The van der Waals surface area contributed by atoms with Gasteiger partial charge in [0.2, 0.25) is 17.5 Å². The highest BCUT2D eigenvalue weighted by Crippen LogP contribution is 2.29. The summed E-state index contributed by atoms with van der Waals surface area (Å²) in [6.45, 7) is 5.08. The van der Waals surface area contributed by atoms with Crippen molar-refractivity contribution in [3.05, 3.63) is 64.8 Å². The Bertz CT molecular complexity index is 1490. The molecule has 0 atom stereocenters. The smallest absolute Gasteiger partial charge is 0.262 e. The van der Waals surface area contributed by atoms with Crippen LogP contribution in [0.1, 0.15) is 26.2 Å². The maximum atomic E-state index is 13.0. The summed E-state index contributed by atoms with van der Waals surface area (Å²) in [6.07, 6.45) is 0.817. The Labute approximate surface area is 193 Å². The van der Waals surface area contributed by atoms with Gasteiger partial charge in [-0.2, -0.15) is 4.98 Å². The van der Waals surface area contributed by atoms with Crippen molar-refractivity contribution < 1.29 is 9.26 Å². The minimum Gasteiger partial charge on any atom is -0.493 e. The van der Waals surface area contributed by atoms with Crippen LogP contribution >= 0.6 is 11.8 Å². The predicted molar refractivity (Wildman–Crippen MR) is 126 cm³/mol. The molecule has 10 heteroatoms. The first-order valence-electron chi connectivity index (χ1n) is 10.8. The first-order chi connectivity index (χ1) is 16.2. The monoisotopic (exact) mass is 462 g/mol. The van der Waals surface area contributed by atoms with Gasteiger partial charge in [-0.1, -0.05) is 48.1 Å². The molecule has 168 valence electrons. The van der Waals surface area contributed by atoms with Crippen molar-refractivity contribution in [1.29, 1.82) is 0 Å². The Morgan fingerprint density at radius 2 is 1.88 bits per heavy atom. The van der Waals surface area contributed by atoms with Crippen molar-refractivity contribution in [2.75, 3.05) is 6.61 Å². The number of ether oxygens (including phenoxy) is 1. The van der Waals surface area contributed by atoms with Gasteiger partial charge in [0, 0.05) is 6.54 Å². The van der Waals surface area contributed by atoms with E-state index in [1.54, 1.807) is 4.57 Å². The Morgan fingerprint density at radius 3 is 2.73 bits per heavy atom. The van der Waals surface area contributed by atoms with Crippen LogP contribution in [0, 0.1) is 0 Å². The maximum absolute atomic E-state index is 13.0. The summed E-state index contributed by atoms with van der Waals surface area (Å²) in [5.74, 6) is 2.59. The zero-order valence-electron chi connectivity index (χ0n) is 18.3. The van der Waals surface area contributed by atoms with E-state index in [4.69, 9.17) is 9.26 Å². The second kappa shape index (κ2) is 9.07. The zero-order valence-corrected chi connectivity index (χ0v) is 19.1. The summed E-state index contributed by atoms with van der Waals surface area (Å²) in [6, 6.07) is 15.1. The van der Waals surface area contributed by atoms with Crippen molar-refractivity contribution in [3.63, 3.8) is 0 Å². The molecule has 0 aliphatic carbocycles. The molecule has 5 aromatic rings. The predicted octanol–water partition coefficient (Wildman–Crippen LogP) is 4.20. The third-order valence-corrected chi connectivity index (χ3v) is 6.06. The number of rotatable bonds is 8. The molecule has 0 bridgehead atoms. The molecule has 0 radical (unpaired) electrons. The third-order valence-electron chi connectivity index (χ3n) is 5.15. The molecule has 3 heterocycles. The van der Waals surface area contributed by atoms with Gasteiger partial charge in [0.1, 0.15) is 5.75 Å². The van der Waals surface area contributed by atoms with E-state index in [1.165, 1.54) is 11.8 Å². The van der Waals surface area contributed by atoms with Gasteiger partial charge >= 0.3 is 0 Å². The molecule has 33 heavy (non-hydrogen) atoms. The normalized spacial score (nSPS) is 11.5. The summed E-state index contributed by atoms with van der Waals surface area (Å²) >= 11 is 1.43. The molecule has 2 aromatic carbocycles. The Morgan fingerprint density at radius 1 is 1.06 bits per heavy atom. The number of benzene rings is 2. The lowest BCUT2D eigenvalue weighted by Gasteiger charge is -2.10. The van der Waals surface area contributed by atoms with Crippen LogP contribution < -0.4 is 10.3 Å². The van der Waals surface area contributed by atoms with E-state index in [9.17, 15) is 4.79 Å². The van der Waals surface area contributed by atoms with Gasteiger partial charge in [-0.15, -0.1) is 10.2 Å². The van der Waals surface area contributed by atoms with Crippen LogP contribution in [0.5, 0.6) is 5.75 Å². The van der Waals surface area contributed by atoms with Crippen LogP contribution in [0.25, 0.3) is 28.1 Å². The van der Waals surface area contributed by atoms with Gasteiger partial charge in [0.15, 0.2) is 5.16 Å². The molecule has 5 rings (SSSR count). The molecule has 0 fully saturated rings. The number of aryl methyl sites for hydroxylation is 1. The van der Waals surface area contributed by atoms with Crippen molar-refractivity contribution in [3.8, 4) is 17.1 Å². The minimum atomic E-state index is -0.0570. The lowest BCUT2D eigenvalue weighted by Crippen LogP contribution is -2.23. The van der Waals surface area contributed by atoms with Gasteiger partial charge in [0.05, 0.1) is 28.8 Å². The van der Waals surface area contributed by atoms with Crippen molar-refractivity contribution in [1.82, 2.24) is 29.3 Å². The standard InChI is InChI=1S/C23H22N6O3S/c1-3-13-28-21(30)15-9-5-7-11-17(15)29-22(28)25-26-23(29)33-14-19-24-20(27-32-19)16-10-6-8-12-18(16)31-4-2/h5-12H,3-4,13-14H2,1-2H3. The van der Waals surface area contributed by atoms with Crippen molar-refractivity contribution in [2.24, 2.45) is 0 Å². The van der Waals surface area contributed by atoms with Crippen LogP contribution in [0.15, 0.2) is 63.0 Å². The number of fused-ring (bicyclic) bond motifs is 3. The van der Waals surface area contributed by atoms with E-state index in [2.05, 4.69) is 20.3 Å². The topological polar surface area (TPSA) is 100 Å². The molecule has 0 spiro atoms. The number of aromatic nitrogens is 6. The summed E-state index contributed by atoms with van der Waals surface area (Å²) in [5, 5.41) is 14.1. The van der Waals surface area contributed by atoms with Gasteiger partial charge in [-0.05, 0) is 37.6 Å². The molecule has 0 aliphatic rings. The average molecular weight is 463 g/mol. The summed E-state index contributed by atoms with van der Waals surface area (Å²) in [5.41, 5.74) is 1.49.